The van der Waals surface area contributed by atoms with Gasteiger partial charge in [-0.05, 0) is 179 Å². The molecule has 0 amide bonds. The summed E-state index contributed by atoms with van der Waals surface area (Å²) in [7, 11) is -4.96. The van der Waals surface area contributed by atoms with Crippen LogP contribution in [-0.2, 0) is 33.0 Å². The number of aromatic carboxylic acids is 2. The van der Waals surface area contributed by atoms with Crippen molar-refractivity contribution in [3.05, 3.63) is 288 Å². The summed E-state index contributed by atoms with van der Waals surface area (Å²) in [6.45, 7) is 21.2. The first-order chi connectivity index (χ1) is 51.7. The van der Waals surface area contributed by atoms with Gasteiger partial charge >= 0.3 is 42.1 Å². The van der Waals surface area contributed by atoms with Crippen LogP contribution in [0.3, 0.4) is 0 Å². The van der Waals surface area contributed by atoms with Gasteiger partial charge in [-0.25, -0.2) is 31.9 Å². The zero-order valence-corrected chi connectivity index (χ0v) is 72.2. The number of halogens is 3. The van der Waals surface area contributed by atoms with Crippen molar-refractivity contribution in [2.24, 2.45) is 15.3 Å². The molecule has 112 heavy (non-hydrogen) atoms. The predicted molar refractivity (Wildman–Crippen MR) is 458 cm³/mol. The average Bonchev–Trinajstić information content (AvgIpc) is 1.07. The van der Waals surface area contributed by atoms with Gasteiger partial charge in [0.1, 0.15) is 28.2 Å². The van der Waals surface area contributed by atoms with Gasteiger partial charge in [-0.2, -0.15) is 4.40 Å². The fourth-order valence-corrected chi connectivity index (χ4v) is 10.4. The molecule has 0 aliphatic rings. The summed E-state index contributed by atoms with van der Waals surface area (Å²) in [5.41, 5.74) is 13.1. The molecule has 30 heteroatoms. The molecule has 0 fully saturated rings. The number of aldehydes is 3. The first kappa shape index (κ1) is 101. The number of alkyl halides is 1. The van der Waals surface area contributed by atoms with E-state index in [-0.39, 0.29) is 84.9 Å². The van der Waals surface area contributed by atoms with E-state index in [4.69, 9.17) is 31.1 Å². The zero-order chi connectivity index (χ0) is 81.0. The van der Waals surface area contributed by atoms with E-state index in [1.165, 1.54) is 60.6 Å². The number of carboxylic acids is 2. The minimum atomic E-state index is -1.46. The first-order valence-electron chi connectivity index (χ1n) is 33.4. The second-order valence-corrected chi connectivity index (χ2v) is 32.8. The van der Waals surface area contributed by atoms with E-state index in [9.17, 15) is 36.6 Å². The van der Waals surface area contributed by atoms with Gasteiger partial charge in [-0.1, -0.05) is 121 Å². The Hall–Kier alpha value is -8.79. The van der Waals surface area contributed by atoms with Crippen LogP contribution < -0.4 is 38.0 Å². The van der Waals surface area contributed by atoms with E-state index >= 15 is 0 Å². The van der Waals surface area contributed by atoms with Gasteiger partial charge in [0.15, 0.2) is 6.29 Å². The Morgan fingerprint density at radius 2 is 0.920 bits per heavy atom. The van der Waals surface area contributed by atoms with Crippen molar-refractivity contribution in [1.29, 1.82) is 0 Å². The molecule has 586 valence electrons. The number of benzene rings is 6. The standard InChI is InChI=1S/C15H20N2OS.C14H16N2OS.C13H9NO3.C11H12N2.C10H7NO.C7H7BO3.C6H4BrNO2.C4H11NOS.CH3Cl.CH3.BrH.Mg/c1-11(17-19(18)15(2,3)4)13-7-5-6-12-8-9-16-10-14(12)13;1-14(2,3)18(17)16-9-12-6-4-5-11-7-8-15-10-13(11)12;15-8-9-1-3-10(4-2-9)12-6-5-11(7-14-12)13(16)17;1-8(12)10-4-2-3-9-5-6-13-7-11(9)10;12-7-9-3-1-2-8-4-5-11-6-10(8)9;9-5-6-1-3-7(4-2-6)8(10)11;7-5-2-1-4(3-8-5)6(9)10;1-4(2,3)7(5)6;1-2;;;/h5-11,17H,1-4H3;4-10H,1-3H3;1-8H,(H,16,17);2-8H,12H2,1H3;1-7H;1-5,10-11H;1-3H,(H,9,10);5H2,1-3H3;1H3;1H3;1H;/q;;;;;;;;;-1;;+2/p-1. The van der Waals surface area contributed by atoms with E-state index in [0.717, 1.165) is 72.5 Å². The number of carbonyl (C=O) groups excluding carboxylic acids is 3. The van der Waals surface area contributed by atoms with E-state index in [0.29, 0.717) is 38.7 Å². The molecule has 6 heterocycles. The molecule has 5 unspecified atom stereocenters. The fraction of sp³-hybridized carbons (Fsp3) is 0.207. The van der Waals surface area contributed by atoms with Gasteiger partial charge in [0.05, 0.1) is 53.0 Å². The number of hydrogen-bond acceptors (Lipinski definition) is 17. The van der Waals surface area contributed by atoms with E-state index in [2.05, 4.69) is 90.8 Å². The molecular weight excluding hydrogens is 1640 g/mol. The predicted octanol–water partition coefficient (Wildman–Crippen LogP) is 12.1. The largest absolute Gasteiger partial charge is 2.00 e. The molecule has 0 saturated heterocycles. The molecule has 0 aliphatic carbocycles. The Morgan fingerprint density at radius 1 is 0.527 bits per heavy atom. The van der Waals surface area contributed by atoms with Crippen LogP contribution in [0.15, 0.2) is 241 Å². The smallest absolute Gasteiger partial charge is 1.00 e. The van der Waals surface area contributed by atoms with Crippen LogP contribution in [0, 0.1) is 7.43 Å². The molecule has 0 spiro atoms. The molecule has 5 atom stereocenters. The van der Waals surface area contributed by atoms with E-state index < -0.39 is 52.0 Å². The van der Waals surface area contributed by atoms with Crippen LogP contribution in [0.25, 0.3) is 54.3 Å². The van der Waals surface area contributed by atoms with Crippen LogP contribution in [-0.4, -0.2) is 151 Å². The van der Waals surface area contributed by atoms with Gasteiger partial charge in [0, 0.05) is 136 Å². The number of fused-ring (bicyclic) bond motifs is 4. The topological polar surface area (TPSA) is 371 Å². The molecule has 0 aliphatic heterocycles. The maximum absolute atomic E-state index is 12.2. The van der Waals surface area contributed by atoms with Gasteiger partial charge in [-0.15, -0.1) is 11.6 Å². The number of carboxylic acid groups (broad SMARTS) is 2. The van der Waals surface area contributed by atoms with E-state index in [1.807, 2.05) is 155 Å². The molecule has 6 aromatic heterocycles. The van der Waals surface area contributed by atoms with Crippen LogP contribution in [0.5, 0.6) is 0 Å². The molecule has 6 aromatic carbocycles. The summed E-state index contributed by atoms with van der Waals surface area (Å²) < 4.78 is 41.5. The van der Waals surface area contributed by atoms with Crippen molar-refractivity contribution in [2.75, 3.05) is 6.38 Å². The van der Waals surface area contributed by atoms with Crippen molar-refractivity contribution in [3.8, 4) is 11.3 Å². The van der Waals surface area contributed by atoms with Crippen LogP contribution >= 0.6 is 27.5 Å². The minimum absolute atomic E-state index is 0. The number of nitrogens with zero attached hydrogens (tertiary/aromatic N) is 7. The molecule has 0 bridgehead atoms. The Bertz CT molecular complexity index is 5010. The third-order valence-corrected chi connectivity index (χ3v) is 19.6. The monoisotopic (exact) mass is 1730 g/mol. The van der Waals surface area contributed by atoms with Crippen LogP contribution in [0.4, 0.5) is 0 Å². The Kier molecular flexibility index (Phi) is 46.1. The summed E-state index contributed by atoms with van der Waals surface area (Å²) in [5, 5.41) is 48.2. The average molecular weight is 1740 g/mol. The Balaban J connectivity index is 0.000000645. The maximum Gasteiger partial charge on any atom is 2.00 e. The van der Waals surface area contributed by atoms with Crippen molar-refractivity contribution < 1.29 is 73.8 Å². The normalized spacial score (nSPS) is 11.8. The number of pyridine rings is 6. The fourth-order valence-electron chi connectivity index (χ4n) is 8.87. The quantitative estimate of drug-likeness (QED) is 0.0141. The molecule has 0 radical (unpaired) electrons. The zero-order valence-electron chi connectivity index (χ0n) is 64.4. The van der Waals surface area contributed by atoms with Crippen molar-refractivity contribution in [2.45, 2.75) is 102 Å². The molecule has 12 rings (SSSR count). The number of rotatable bonds is 13. The number of hydrogen-bond donors (Lipinski definition) is 7. The van der Waals surface area contributed by atoms with Crippen LogP contribution in [0.2, 0.25) is 0 Å². The number of aromatic nitrogens is 6. The van der Waals surface area contributed by atoms with E-state index in [1.54, 1.807) is 85.9 Å². The molecule has 12 aromatic rings. The second-order valence-electron chi connectivity index (χ2n) is 26.2. The first-order valence-corrected chi connectivity index (χ1v) is 38.4. The minimum Gasteiger partial charge on any atom is -1.00 e. The van der Waals surface area contributed by atoms with Gasteiger partial charge in [0.2, 0.25) is 0 Å². The summed E-state index contributed by atoms with van der Waals surface area (Å²) in [5.74, 6) is -1.96. The number of nitrogens with two attached hydrogens (primary N) is 2. The van der Waals surface area contributed by atoms with Gasteiger partial charge in [0.25, 0.3) is 0 Å². The third-order valence-electron chi connectivity index (χ3n) is 14.9. The number of nitrogens with one attached hydrogen (secondary N) is 1. The Morgan fingerprint density at radius 3 is 1.29 bits per heavy atom. The molecule has 9 N–H and O–H groups in total. The number of carbonyl (C=O) groups is 5. The summed E-state index contributed by atoms with van der Waals surface area (Å²) >= 11 is 7.73. The van der Waals surface area contributed by atoms with Crippen LogP contribution in [0.1, 0.15) is 157 Å². The van der Waals surface area contributed by atoms with Crippen molar-refractivity contribution in [1.82, 2.24) is 34.6 Å². The van der Waals surface area contributed by atoms with Crippen molar-refractivity contribution >= 4 is 176 Å². The summed E-state index contributed by atoms with van der Waals surface area (Å²) in [4.78, 5) is 76.3. The molecule has 0 saturated carbocycles. The summed E-state index contributed by atoms with van der Waals surface area (Å²) in [6, 6.07) is 50.9. The second kappa shape index (κ2) is 51.1. The Labute approximate surface area is 702 Å². The van der Waals surface area contributed by atoms with Gasteiger partial charge in [-0.3, -0.25) is 44.4 Å². The molecular formula is C82H92BBr2ClMgN10O12S3. The molecule has 22 nitrogen and oxygen atoms in total. The van der Waals surface area contributed by atoms with Gasteiger partial charge < -0.3 is 50.4 Å². The maximum atomic E-state index is 12.2. The van der Waals surface area contributed by atoms with Crippen molar-refractivity contribution in [3.63, 3.8) is 0 Å². The third kappa shape index (κ3) is 34.3. The summed E-state index contributed by atoms with van der Waals surface area (Å²) in [6.07, 6.45) is 22.4. The SMILES string of the molecule is CC(C)(C)S(=O)N=Cc1cccc2ccncc12.CC(C)(C)S(N)=O.CC(N)c1cccc2ccncc12.CC(NS(=O)C(C)(C)C)c1cccc2ccncc12.CCl.O=C(O)c1ccc(Br)nc1.O=Cc1ccc(-c2ccc(C(=O)O)cn2)cc1.O=Cc1ccc(B(O)O)cc1.O=Cc1cccc2ccncc12.[Br-].[CH3-].[Mg+2].